The van der Waals surface area contributed by atoms with E-state index < -0.39 is 0 Å². The van der Waals surface area contributed by atoms with E-state index in [-0.39, 0.29) is 0 Å². The molecule has 0 bridgehead atoms. The molecule has 0 spiro atoms. The molecular formula is C12H20N2S. The van der Waals surface area contributed by atoms with Crippen LogP contribution in [0.1, 0.15) is 36.6 Å². The van der Waals surface area contributed by atoms with E-state index in [1.54, 1.807) is 11.3 Å². The maximum Gasteiger partial charge on any atom is 0.0897 e. The van der Waals surface area contributed by atoms with Gasteiger partial charge in [-0.25, -0.2) is 4.98 Å². The first kappa shape index (κ1) is 11.1. The van der Waals surface area contributed by atoms with E-state index in [0.29, 0.717) is 0 Å². The van der Waals surface area contributed by atoms with Gasteiger partial charge in [-0.1, -0.05) is 13.8 Å². The fourth-order valence-corrected chi connectivity index (χ4v) is 2.85. The van der Waals surface area contributed by atoms with Crippen molar-refractivity contribution in [3.05, 3.63) is 16.1 Å². The molecule has 3 heteroatoms. The van der Waals surface area contributed by atoms with Crippen LogP contribution in [-0.2, 0) is 6.54 Å². The van der Waals surface area contributed by atoms with Crippen molar-refractivity contribution < 1.29 is 0 Å². The second-order valence-corrected chi connectivity index (χ2v) is 6.22. The van der Waals surface area contributed by atoms with Crippen LogP contribution in [0.15, 0.2) is 6.20 Å². The molecule has 84 valence electrons. The lowest BCUT2D eigenvalue weighted by atomic mass is 9.74. The standard InChI is InChI=1S/C12H20N2S/c1-8(2)10-4-11(5-10)14-7-12-6-13-9(3)15-12/h6,8,10-11,14H,4-5,7H2,1-3H3. The van der Waals surface area contributed by atoms with Crippen LogP contribution in [0.4, 0.5) is 0 Å². The van der Waals surface area contributed by atoms with Crippen molar-refractivity contribution in [2.45, 2.75) is 46.2 Å². The molecule has 0 radical (unpaired) electrons. The van der Waals surface area contributed by atoms with Gasteiger partial charge in [0.2, 0.25) is 0 Å². The van der Waals surface area contributed by atoms with E-state index >= 15 is 0 Å². The van der Waals surface area contributed by atoms with Crippen molar-refractivity contribution in [1.29, 1.82) is 0 Å². The van der Waals surface area contributed by atoms with Crippen LogP contribution in [-0.4, -0.2) is 11.0 Å². The van der Waals surface area contributed by atoms with Crippen LogP contribution in [0.5, 0.6) is 0 Å². The molecule has 0 atom stereocenters. The number of thiazole rings is 1. The van der Waals surface area contributed by atoms with E-state index in [9.17, 15) is 0 Å². The van der Waals surface area contributed by atoms with Crippen molar-refractivity contribution in [3.63, 3.8) is 0 Å². The molecule has 1 aromatic heterocycles. The maximum atomic E-state index is 4.26. The Morgan fingerprint density at radius 1 is 1.53 bits per heavy atom. The SMILES string of the molecule is Cc1ncc(CNC2CC(C(C)C)C2)s1. The van der Waals surface area contributed by atoms with E-state index in [2.05, 4.69) is 31.1 Å². The third-order valence-corrected chi connectivity index (χ3v) is 4.26. The van der Waals surface area contributed by atoms with Gasteiger partial charge in [0.05, 0.1) is 5.01 Å². The van der Waals surface area contributed by atoms with Crippen LogP contribution < -0.4 is 5.32 Å². The third-order valence-electron chi connectivity index (χ3n) is 3.35. The van der Waals surface area contributed by atoms with Crippen LogP contribution in [0.2, 0.25) is 0 Å². The molecule has 1 saturated carbocycles. The monoisotopic (exact) mass is 224 g/mol. The average molecular weight is 224 g/mol. The highest BCUT2D eigenvalue weighted by Gasteiger charge is 2.30. The van der Waals surface area contributed by atoms with Gasteiger partial charge in [0.15, 0.2) is 0 Å². The molecule has 0 saturated heterocycles. The molecule has 1 aliphatic carbocycles. The average Bonchev–Trinajstić information content (AvgIpc) is 2.48. The minimum absolute atomic E-state index is 0.750. The van der Waals surface area contributed by atoms with Crippen molar-refractivity contribution in [1.82, 2.24) is 10.3 Å². The molecule has 1 aliphatic rings. The predicted molar refractivity (Wildman–Crippen MR) is 65.0 cm³/mol. The summed E-state index contributed by atoms with van der Waals surface area (Å²) in [6.07, 6.45) is 4.70. The maximum absolute atomic E-state index is 4.26. The molecule has 0 unspecified atom stereocenters. The molecule has 1 fully saturated rings. The van der Waals surface area contributed by atoms with Crippen LogP contribution in [0, 0.1) is 18.8 Å². The van der Waals surface area contributed by atoms with Crippen molar-refractivity contribution in [2.24, 2.45) is 11.8 Å². The lowest BCUT2D eigenvalue weighted by Crippen LogP contribution is -2.42. The van der Waals surface area contributed by atoms with Gasteiger partial charge in [0.25, 0.3) is 0 Å². The predicted octanol–water partition coefficient (Wildman–Crippen LogP) is 2.98. The number of hydrogen-bond acceptors (Lipinski definition) is 3. The number of nitrogens with one attached hydrogen (secondary N) is 1. The van der Waals surface area contributed by atoms with E-state index in [4.69, 9.17) is 0 Å². The van der Waals surface area contributed by atoms with Crippen molar-refractivity contribution >= 4 is 11.3 Å². The van der Waals surface area contributed by atoms with Gasteiger partial charge in [-0.3, -0.25) is 0 Å². The van der Waals surface area contributed by atoms with Crippen LogP contribution >= 0.6 is 11.3 Å². The molecule has 2 nitrogen and oxygen atoms in total. The molecule has 15 heavy (non-hydrogen) atoms. The Labute approximate surface area is 96.1 Å². The van der Waals surface area contributed by atoms with Gasteiger partial charge >= 0.3 is 0 Å². The zero-order chi connectivity index (χ0) is 10.8. The zero-order valence-corrected chi connectivity index (χ0v) is 10.6. The Balaban J connectivity index is 1.68. The number of aryl methyl sites for hydroxylation is 1. The first-order valence-electron chi connectivity index (χ1n) is 5.80. The zero-order valence-electron chi connectivity index (χ0n) is 9.79. The van der Waals surface area contributed by atoms with Gasteiger partial charge in [0.1, 0.15) is 0 Å². The smallest absolute Gasteiger partial charge is 0.0897 e. The molecular weight excluding hydrogens is 204 g/mol. The Hall–Kier alpha value is -0.410. The van der Waals surface area contributed by atoms with Gasteiger partial charge in [-0.15, -0.1) is 11.3 Å². The summed E-state index contributed by atoms with van der Waals surface area (Å²) in [5, 5.41) is 4.77. The minimum Gasteiger partial charge on any atom is -0.309 e. The Morgan fingerprint density at radius 2 is 2.27 bits per heavy atom. The summed E-state index contributed by atoms with van der Waals surface area (Å²) in [6, 6.07) is 0.750. The van der Waals surface area contributed by atoms with E-state index in [1.807, 2.05) is 6.20 Å². The highest BCUT2D eigenvalue weighted by molar-refractivity contribution is 7.11. The lowest BCUT2D eigenvalue weighted by molar-refractivity contribution is 0.168. The summed E-state index contributed by atoms with van der Waals surface area (Å²) in [4.78, 5) is 5.62. The van der Waals surface area contributed by atoms with Crippen molar-refractivity contribution in [2.75, 3.05) is 0 Å². The molecule has 1 heterocycles. The third kappa shape index (κ3) is 2.79. The first-order chi connectivity index (χ1) is 7.15. The van der Waals surface area contributed by atoms with Crippen LogP contribution in [0.25, 0.3) is 0 Å². The molecule has 0 aliphatic heterocycles. The minimum atomic E-state index is 0.750. The largest absolute Gasteiger partial charge is 0.309 e. The number of nitrogens with zero attached hydrogens (tertiary/aromatic N) is 1. The molecule has 1 N–H and O–H groups in total. The number of hydrogen-bond donors (Lipinski definition) is 1. The molecule has 2 rings (SSSR count). The number of rotatable bonds is 4. The second kappa shape index (κ2) is 4.62. The summed E-state index contributed by atoms with van der Waals surface area (Å²) in [5.74, 6) is 1.80. The topological polar surface area (TPSA) is 24.9 Å². The fraction of sp³-hybridized carbons (Fsp3) is 0.750. The van der Waals surface area contributed by atoms with Gasteiger partial charge < -0.3 is 5.32 Å². The van der Waals surface area contributed by atoms with E-state index in [0.717, 1.165) is 24.4 Å². The molecule has 0 amide bonds. The van der Waals surface area contributed by atoms with Crippen molar-refractivity contribution in [3.8, 4) is 0 Å². The van der Waals surface area contributed by atoms with Gasteiger partial charge in [-0.2, -0.15) is 0 Å². The van der Waals surface area contributed by atoms with Gasteiger partial charge in [0, 0.05) is 23.7 Å². The fourth-order valence-electron chi connectivity index (χ4n) is 2.10. The highest BCUT2D eigenvalue weighted by atomic mass is 32.1. The van der Waals surface area contributed by atoms with Gasteiger partial charge in [-0.05, 0) is 31.6 Å². The van der Waals surface area contributed by atoms with E-state index in [1.165, 1.54) is 22.7 Å². The Kier molecular flexibility index (Phi) is 3.42. The summed E-state index contributed by atoms with van der Waals surface area (Å²) >= 11 is 1.80. The number of aromatic nitrogens is 1. The summed E-state index contributed by atoms with van der Waals surface area (Å²) in [6.45, 7) is 7.72. The Bertz CT molecular complexity index is 313. The molecule has 1 aromatic rings. The first-order valence-corrected chi connectivity index (χ1v) is 6.61. The Morgan fingerprint density at radius 3 is 2.80 bits per heavy atom. The quantitative estimate of drug-likeness (QED) is 0.850. The van der Waals surface area contributed by atoms with Crippen LogP contribution in [0.3, 0.4) is 0 Å². The normalized spacial score (nSPS) is 25.6. The summed E-state index contributed by atoms with van der Waals surface area (Å²) < 4.78 is 0. The lowest BCUT2D eigenvalue weighted by Gasteiger charge is -2.38. The molecule has 0 aromatic carbocycles. The highest BCUT2D eigenvalue weighted by Crippen LogP contribution is 2.33. The summed E-state index contributed by atoms with van der Waals surface area (Å²) in [7, 11) is 0. The summed E-state index contributed by atoms with van der Waals surface area (Å²) in [5.41, 5.74) is 0. The second-order valence-electron chi connectivity index (χ2n) is 4.90.